The molecule has 1 N–H and O–H groups in total. The molecule has 0 fully saturated rings. The first-order valence-electron chi connectivity index (χ1n) is 9.88. The Morgan fingerprint density at radius 1 is 1.21 bits per heavy atom. The van der Waals surface area contributed by atoms with Crippen molar-refractivity contribution in [3.05, 3.63) is 45.1 Å². The molecule has 0 saturated carbocycles. The van der Waals surface area contributed by atoms with Crippen LogP contribution in [0.5, 0.6) is 0 Å². The molecule has 1 atom stereocenters. The summed E-state index contributed by atoms with van der Waals surface area (Å²) in [5, 5.41) is 23.6. The quantitative estimate of drug-likeness (QED) is 0.570. The Morgan fingerprint density at radius 3 is 2.93 bits per heavy atom. The monoisotopic (exact) mass is 446 g/mol. The SMILES string of the molecule is CCCCC1Sc2nnc(-c3n[nH]c4c3CCC4)n2N=C1c1ccc(Cl)c(Cl)c1. The summed E-state index contributed by atoms with van der Waals surface area (Å²) in [7, 11) is 0. The van der Waals surface area contributed by atoms with Gasteiger partial charge in [0.2, 0.25) is 11.0 Å². The van der Waals surface area contributed by atoms with Crippen molar-refractivity contribution >= 4 is 40.7 Å². The first kappa shape index (κ1) is 19.2. The molecule has 0 saturated heterocycles. The van der Waals surface area contributed by atoms with Crippen molar-refractivity contribution in [2.24, 2.45) is 5.10 Å². The summed E-state index contributed by atoms with van der Waals surface area (Å²) in [5.74, 6) is 0.693. The molecule has 0 bridgehead atoms. The molecular weight excluding hydrogens is 427 g/mol. The molecule has 9 heteroatoms. The number of halogens is 2. The van der Waals surface area contributed by atoms with Gasteiger partial charge in [0.25, 0.3) is 0 Å². The molecule has 0 spiro atoms. The van der Waals surface area contributed by atoms with Crippen LogP contribution in [0.1, 0.15) is 49.4 Å². The van der Waals surface area contributed by atoms with Crippen LogP contribution in [0.2, 0.25) is 10.0 Å². The summed E-state index contributed by atoms with van der Waals surface area (Å²) in [6.07, 6.45) is 6.45. The molecule has 1 aromatic carbocycles. The van der Waals surface area contributed by atoms with Gasteiger partial charge in [-0.3, -0.25) is 5.10 Å². The number of benzene rings is 1. The highest BCUT2D eigenvalue weighted by atomic mass is 35.5. The maximum atomic E-state index is 6.30. The van der Waals surface area contributed by atoms with E-state index in [2.05, 4.69) is 27.3 Å². The van der Waals surface area contributed by atoms with Crippen LogP contribution in [0.3, 0.4) is 0 Å². The van der Waals surface area contributed by atoms with E-state index in [1.807, 2.05) is 22.9 Å². The summed E-state index contributed by atoms with van der Waals surface area (Å²) in [5.41, 5.74) is 5.26. The van der Waals surface area contributed by atoms with Crippen LogP contribution in [-0.2, 0) is 12.8 Å². The Labute approximate surface area is 183 Å². The number of rotatable bonds is 5. The molecule has 0 amide bonds. The number of H-pyrrole nitrogens is 1. The fourth-order valence-electron chi connectivity index (χ4n) is 3.92. The Hall–Kier alpha value is -1.83. The molecular formula is C20H20Cl2N6S. The van der Waals surface area contributed by atoms with Crippen LogP contribution in [0.25, 0.3) is 11.5 Å². The molecule has 1 aliphatic heterocycles. The molecule has 5 rings (SSSR count). The van der Waals surface area contributed by atoms with E-state index in [-0.39, 0.29) is 5.25 Å². The first-order chi connectivity index (χ1) is 14.2. The van der Waals surface area contributed by atoms with E-state index in [0.29, 0.717) is 15.9 Å². The minimum atomic E-state index is 0.196. The molecule has 3 heterocycles. The van der Waals surface area contributed by atoms with Gasteiger partial charge in [0, 0.05) is 16.8 Å². The molecule has 2 aromatic heterocycles. The Bertz CT molecular complexity index is 1100. The number of unbranched alkanes of at least 4 members (excludes halogenated alkanes) is 1. The molecule has 1 unspecified atom stereocenters. The van der Waals surface area contributed by atoms with Crippen molar-refractivity contribution in [3.8, 4) is 11.5 Å². The van der Waals surface area contributed by atoms with E-state index < -0.39 is 0 Å². The zero-order chi connectivity index (χ0) is 20.0. The fourth-order valence-corrected chi connectivity index (χ4v) is 5.37. The van der Waals surface area contributed by atoms with E-state index in [9.17, 15) is 0 Å². The Balaban J connectivity index is 1.61. The van der Waals surface area contributed by atoms with E-state index in [1.165, 1.54) is 11.3 Å². The third-order valence-electron chi connectivity index (χ3n) is 5.43. The predicted molar refractivity (Wildman–Crippen MR) is 117 cm³/mol. The molecule has 2 aliphatic rings. The number of nitrogens with one attached hydrogen (secondary N) is 1. The zero-order valence-corrected chi connectivity index (χ0v) is 18.3. The number of hydrogen-bond donors (Lipinski definition) is 1. The van der Waals surface area contributed by atoms with E-state index >= 15 is 0 Å². The van der Waals surface area contributed by atoms with E-state index in [1.54, 1.807) is 11.8 Å². The van der Waals surface area contributed by atoms with Crippen molar-refractivity contribution in [3.63, 3.8) is 0 Å². The van der Waals surface area contributed by atoms with Gasteiger partial charge >= 0.3 is 0 Å². The lowest BCUT2D eigenvalue weighted by Crippen LogP contribution is -2.24. The zero-order valence-electron chi connectivity index (χ0n) is 16.0. The number of aryl methyl sites for hydroxylation is 1. The minimum absolute atomic E-state index is 0.196. The number of fused-ring (bicyclic) bond motifs is 2. The third kappa shape index (κ3) is 3.39. The van der Waals surface area contributed by atoms with Crippen LogP contribution < -0.4 is 0 Å². The Kier molecular flexibility index (Phi) is 5.14. The van der Waals surface area contributed by atoms with E-state index in [0.717, 1.165) is 60.7 Å². The van der Waals surface area contributed by atoms with Crippen molar-refractivity contribution in [1.82, 2.24) is 25.1 Å². The maximum Gasteiger partial charge on any atom is 0.213 e. The van der Waals surface area contributed by atoms with Crippen molar-refractivity contribution in [2.75, 3.05) is 0 Å². The lowest BCUT2D eigenvalue weighted by atomic mass is 10.0. The van der Waals surface area contributed by atoms with Gasteiger partial charge in [-0.05, 0) is 37.8 Å². The number of thioether (sulfide) groups is 1. The average Bonchev–Trinajstić information content (AvgIpc) is 3.43. The normalized spacial score (nSPS) is 17.9. The molecule has 1 aliphatic carbocycles. The largest absolute Gasteiger partial charge is 0.282 e. The van der Waals surface area contributed by atoms with Gasteiger partial charge in [0.15, 0.2) is 0 Å². The summed E-state index contributed by atoms with van der Waals surface area (Å²) in [4.78, 5) is 0. The second kappa shape index (κ2) is 7.78. The minimum Gasteiger partial charge on any atom is -0.282 e. The highest BCUT2D eigenvalue weighted by Gasteiger charge is 2.31. The summed E-state index contributed by atoms with van der Waals surface area (Å²) in [6.45, 7) is 2.20. The fraction of sp³-hybridized carbons (Fsp3) is 0.400. The van der Waals surface area contributed by atoms with E-state index in [4.69, 9.17) is 28.3 Å². The maximum absolute atomic E-state index is 6.30. The predicted octanol–water partition coefficient (Wildman–Crippen LogP) is 5.38. The summed E-state index contributed by atoms with van der Waals surface area (Å²) in [6, 6.07) is 5.70. The van der Waals surface area contributed by atoms with Crippen LogP contribution in [0.4, 0.5) is 0 Å². The first-order valence-corrected chi connectivity index (χ1v) is 11.5. The van der Waals surface area contributed by atoms with Gasteiger partial charge in [0.1, 0.15) is 5.69 Å². The van der Waals surface area contributed by atoms with Crippen LogP contribution in [0.15, 0.2) is 28.5 Å². The Morgan fingerprint density at radius 2 is 2.10 bits per heavy atom. The number of hydrogen-bond acceptors (Lipinski definition) is 5. The summed E-state index contributed by atoms with van der Waals surface area (Å²) < 4.78 is 1.83. The molecule has 0 radical (unpaired) electrons. The number of nitrogens with zero attached hydrogens (tertiary/aromatic N) is 5. The van der Waals surface area contributed by atoms with Gasteiger partial charge in [0.05, 0.1) is 21.0 Å². The molecule has 150 valence electrons. The van der Waals surface area contributed by atoms with Crippen LogP contribution in [0, 0.1) is 0 Å². The lowest BCUT2D eigenvalue weighted by molar-refractivity contribution is 0.708. The number of aromatic nitrogens is 5. The molecule has 29 heavy (non-hydrogen) atoms. The van der Waals surface area contributed by atoms with Crippen molar-refractivity contribution in [1.29, 1.82) is 0 Å². The lowest BCUT2D eigenvalue weighted by Gasteiger charge is -2.23. The average molecular weight is 447 g/mol. The highest BCUT2D eigenvalue weighted by molar-refractivity contribution is 8.00. The smallest absolute Gasteiger partial charge is 0.213 e. The standard InChI is InChI=1S/C20H20Cl2N6S/c1-2-3-7-16-17(11-8-9-13(21)14(22)10-11)27-28-19(25-26-20(28)29-16)18-12-5-4-6-15(12)23-24-18/h8-10,16H,2-7H2,1H3,(H,23,24). The molecule has 6 nitrogen and oxygen atoms in total. The van der Waals surface area contributed by atoms with Gasteiger partial charge in [-0.25, -0.2) is 0 Å². The summed E-state index contributed by atoms with van der Waals surface area (Å²) >= 11 is 14.1. The number of aromatic amines is 1. The van der Waals surface area contributed by atoms with Gasteiger partial charge in [-0.15, -0.1) is 10.2 Å². The van der Waals surface area contributed by atoms with Gasteiger partial charge in [-0.1, -0.05) is 60.8 Å². The van der Waals surface area contributed by atoms with Gasteiger partial charge < -0.3 is 0 Å². The highest BCUT2D eigenvalue weighted by Crippen LogP contribution is 2.37. The second-order valence-corrected chi connectivity index (χ2v) is 9.35. The second-order valence-electron chi connectivity index (χ2n) is 7.36. The van der Waals surface area contributed by atoms with Crippen molar-refractivity contribution in [2.45, 2.75) is 55.9 Å². The van der Waals surface area contributed by atoms with Crippen molar-refractivity contribution < 1.29 is 0 Å². The third-order valence-corrected chi connectivity index (χ3v) is 7.37. The van der Waals surface area contributed by atoms with Crippen LogP contribution >= 0.6 is 35.0 Å². The topological polar surface area (TPSA) is 71.8 Å². The van der Waals surface area contributed by atoms with Crippen LogP contribution in [-0.4, -0.2) is 36.0 Å². The molecule has 3 aromatic rings. The van der Waals surface area contributed by atoms with Gasteiger partial charge in [-0.2, -0.15) is 14.9 Å².